The molecule has 20 heavy (non-hydrogen) atoms. The smallest absolute Gasteiger partial charge is 0.405 e. The molecule has 9 heteroatoms. The Morgan fingerprint density at radius 1 is 1.50 bits per heavy atom. The first-order valence-electron chi connectivity index (χ1n) is 5.30. The van der Waals surface area contributed by atoms with E-state index in [2.05, 4.69) is 0 Å². The van der Waals surface area contributed by atoms with Gasteiger partial charge in [-0.15, -0.1) is 0 Å². The molecule has 0 heterocycles. The molecule has 1 N–H and O–H groups in total. The Kier molecular flexibility index (Phi) is 4.53. The van der Waals surface area contributed by atoms with Crippen molar-refractivity contribution >= 4 is 11.7 Å². The fourth-order valence-corrected chi connectivity index (χ4v) is 1.39. The second kappa shape index (κ2) is 5.76. The number of nitro groups is 1. The van der Waals surface area contributed by atoms with Gasteiger partial charge in [0.25, 0.3) is 5.69 Å². The van der Waals surface area contributed by atoms with Gasteiger partial charge in [-0.2, -0.15) is 13.2 Å². The van der Waals surface area contributed by atoms with Gasteiger partial charge in [-0.25, -0.2) is 0 Å². The van der Waals surface area contributed by atoms with Gasteiger partial charge in [0.2, 0.25) is 0 Å². The standard InChI is InChI=1S/C11H10F3NO5/c1-6-4-7(15(18)19)2-3-9(6)20-5-8(10(16)17)11(12,13)14/h2-4,8H,5H2,1H3,(H,16,17). The number of carboxylic acids is 1. The van der Waals surface area contributed by atoms with Crippen molar-refractivity contribution in [3.05, 3.63) is 33.9 Å². The fourth-order valence-electron chi connectivity index (χ4n) is 1.39. The molecule has 0 saturated heterocycles. The Labute approximate surface area is 110 Å². The van der Waals surface area contributed by atoms with Crippen LogP contribution in [0.4, 0.5) is 18.9 Å². The number of halogens is 3. The number of carbonyl (C=O) groups is 1. The lowest BCUT2D eigenvalue weighted by molar-refractivity contribution is -0.384. The van der Waals surface area contributed by atoms with Gasteiger partial charge < -0.3 is 9.84 Å². The Hall–Kier alpha value is -2.32. The first-order chi connectivity index (χ1) is 9.12. The minimum absolute atomic E-state index is 0.0360. The summed E-state index contributed by atoms with van der Waals surface area (Å²) in [6.07, 6.45) is -4.93. The quantitative estimate of drug-likeness (QED) is 0.665. The summed E-state index contributed by atoms with van der Waals surface area (Å²) < 4.78 is 42.0. The molecule has 0 saturated carbocycles. The molecule has 0 aliphatic heterocycles. The fraction of sp³-hybridized carbons (Fsp3) is 0.364. The lowest BCUT2D eigenvalue weighted by Gasteiger charge is -2.17. The van der Waals surface area contributed by atoms with Crippen molar-refractivity contribution in [1.29, 1.82) is 0 Å². The number of hydrogen-bond acceptors (Lipinski definition) is 4. The minimum atomic E-state index is -4.93. The zero-order valence-corrected chi connectivity index (χ0v) is 10.2. The van der Waals surface area contributed by atoms with Crippen LogP contribution in [-0.2, 0) is 4.79 Å². The number of nitrogens with zero attached hydrogens (tertiary/aromatic N) is 1. The zero-order chi connectivity index (χ0) is 15.5. The van der Waals surface area contributed by atoms with Crippen LogP contribution in [0.1, 0.15) is 5.56 Å². The maximum Gasteiger partial charge on any atom is 0.405 e. The number of carboxylic acid groups (broad SMARTS) is 1. The number of benzene rings is 1. The van der Waals surface area contributed by atoms with E-state index in [0.717, 1.165) is 18.2 Å². The number of nitro benzene ring substituents is 1. The first-order valence-corrected chi connectivity index (χ1v) is 5.30. The first kappa shape index (κ1) is 15.7. The third kappa shape index (κ3) is 3.84. The molecule has 0 radical (unpaired) electrons. The maximum atomic E-state index is 12.4. The second-order valence-electron chi connectivity index (χ2n) is 3.95. The third-order valence-electron chi connectivity index (χ3n) is 2.47. The number of rotatable bonds is 5. The van der Waals surface area contributed by atoms with E-state index in [1.807, 2.05) is 0 Å². The van der Waals surface area contributed by atoms with Gasteiger partial charge in [0.1, 0.15) is 12.4 Å². The van der Waals surface area contributed by atoms with Crippen molar-refractivity contribution < 1.29 is 32.7 Å². The van der Waals surface area contributed by atoms with E-state index < -0.39 is 29.6 Å². The molecule has 0 aliphatic carbocycles. The van der Waals surface area contributed by atoms with Crippen molar-refractivity contribution in [2.75, 3.05) is 6.61 Å². The number of aliphatic carboxylic acids is 1. The van der Waals surface area contributed by atoms with Crippen molar-refractivity contribution in [3.8, 4) is 5.75 Å². The van der Waals surface area contributed by atoms with Crippen molar-refractivity contribution in [1.82, 2.24) is 0 Å². The normalized spacial score (nSPS) is 12.8. The van der Waals surface area contributed by atoms with E-state index in [4.69, 9.17) is 9.84 Å². The molecule has 1 aromatic rings. The van der Waals surface area contributed by atoms with Crippen LogP contribution in [0.3, 0.4) is 0 Å². The summed E-state index contributed by atoms with van der Waals surface area (Å²) in [5.41, 5.74) is 0.00553. The summed E-state index contributed by atoms with van der Waals surface area (Å²) in [5, 5.41) is 19.0. The molecule has 1 rings (SSSR count). The molecule has 1 unspecified atom stereocenters. The van der Waals surface area contributed by atoms with Crippen molar-refractivity contribution in [2.45, 2.75) is 13.1 Å². The Morgan fingerprint density at radius 2 is 2.10 bits per heavy atom. The van der Waals surface area contributed by atoms with Gasteiger partial charge in [-0.1, -0.05) is 0 Å². The summed E-state index contributed by atoms with van der Waals surface area (Å²) in [4.78, 5) is 20.3. The van der Waals surface area contributed by atoms with E-state index >= 15 is 0 Å². The highest BCUT2D eigenvalue weighted by Gasteiger charge is 2.45. The van der Waals surface area contributed by atoms with Gasteiger partial charge in [0.05, 0.1) is 4.92 Å². The molecule has 6 nitrogen and oxygen atoms in total. The second-order valence-corrected chi connectivity index (χ2v) is 3.95. The van der Waals surface area contributed by atoms with Crippen LogP contribution >= 0.6 is 0 Å². The largest absolute Gasteiger partial charge is 0.492 e. The Morgan fingerprint density at radius 3 is 2.50 bits per heavy atom. The average molecular weight is 293 g/mol. The number of ether oxygens (including phenoxy) is 1. The molecule has 0 fully saturated rings. The predicted octanol–water partition coefficient (Wildman–Crippen LogP) is 2.55. The lowest BCUT2D eigenvalue weighted by atomic mass is 10.1. The number of non-ortho nitro benzene ring substituents is 1. The van der Waals surface area contributed by atoms with Gasteiger partial charge in [0, 0.05) is 12.1 Å². The van der Waals surface area contributed by atoms with Crippen LogP contribution in [0.2, 0.25) is 0 Å². The van der Waals surface area contributed by atoms with E-state index in [9.17, 15) is 28.1 Å². The lowest BCUT2D eigenvalue weighted by Crippen LogP contribution is -2.35. The molecule has 0 aliphatic rings. The monoisotopic (exact) mass is 293 g/mol. The molecule has 0 spiro atoms. The highest BCUT2D eigenvalue weighted by molar-refractivity contribution is 5.71. The molecule has 110 valence electrons. The zero-order valence-electron chi connectivity index (χ0n) is 10.2. The number of aryl methyl sites for hydroxylation is 1. The van der Waals surface area contributed by atoms with Gasteiger partial charge in [-0.05, 0) is 18.6 Å². The van der Waals surface area contributed by atoms with Crippen molar-refractivity contribution in [3.63, 3.8) is 0 Å². The topological polar surface area (TPSA) is 89.7 Å². The summed E-state index contributed by atoms with van der Waals surface area (Å²) in [6.45, 7) is 0.309. The van der Waals surface area contributed by atoms with E-state index in [1.165, 1.54) is 6.92 Å². The third-order valence-corrected chi connectivity index (χ3v) is 2.47. The average Bonchev–Trinajstić information content (AvgIpc) is 2.28. The van der Waals surface area contributed by atoms with Crippen LogP contribution < -0.4 is 4.74 Å². The predicted molar refractivity (Wildman–Crippen MR) is 60.5 cm³/mol. The molecule has 0 amide bonds. The summed E-state index contributed by atoms with van der Waals surface area (Å²) in [6, 6.07) is 3.31. The molecule has 0 aromatic heterocycles. The Bertz CT molecular complexity index is 529. The van der Waals surface area contributed by atoms with Crippen LogP contribution in [-0.4, -0.2) is 28.8 Å². The van der Waals surface area contributed by atoms with Crippen LogP contribution in [0.5, 0.6) is 5.75 Å². The summed E-state index contributed by atoms with van der Waals surface area (Å²) in [5.74, 6) is -4.74. The van der Waals surface area contributed by atoms with Gasteiger partial charge in [-0.3, -0.25) is 14.9 Å². The molecular weight excluding hydrogens is 283 g/mol. The van der Waals surface area contributed by atoms with Crippen LogP contribution in [0, 0.1) is 23.0 Å². The minimum Gasteiger partial charge on any atom is -0.492 e. The summed E-state index contributed by atoms with van der Waals surface area (Å²) >= 11 is 0. The van der Waals surface area contributed by atoms with Gasteiger partial charge in [0.15, 0.2) is 5.92 Å². The summed E-state index contributed by atoms with van der Waals surface area (Å²) in [7, 11) is 0. The van der Waals surface area contributed by atoms with E-state index in [-0.39, 0.29) is 17.0 Å². The molecule has 1 aromatic carbocycles. The number of hydrogen-bond donors (Lipinski definition) is 1. The number of alkyl halides is 3. The SMILES string of the molecule is Cc1cc([N+](=O)[O-])ccc1OCC(C(=O)O)C(F)(F)F. The van der Waals surface area contributed by atoms with Crippen LogP contribution in [0.15, 0.2) is 18.2 Å². The Balaban J connectivity index is 2.84. The van der Waals surface area contributed by atoms with E-state index in [1.54, 1.807) is 0 Å². The highest BCUT2D eigenvalue weighted by Crippen LogP contribution is 2.29. The molecule has 1 atom stereocenters. The molecular formula is C11H10F3NO5. The highest BCUT2D eigenvalue weighted by atomic mass is 19.4. The van der Waals surface area contributed by atoms with Crippen molar-refractivity contribution in [2.24, 2.45) is 5.92 Å². The van der Waals surface area contributed by atoms with Crippen LogP contribution in [0.25, 0.3) is 0 Å². The van der Waals surface area contributed by atoms with E-state index in [0.29, 0.717) is 0 Å². The molecule has 0 bridgehead atoms. The van der Waals surface area contributed by atoms with Gasteiger partial charge >= 0.3 is 12.1 Å². The maximum absolute atomic E-state index is 12.4.